The normalized spacial score (nSPS) is 10.8. The molecule has 5 aromatic rings. The first-order valence-electron chi connectivity index (χ1n) is 10.9. The molecule has 3 aromatic heterocycles. The lowest BCUT2D eigenvalue weighted by molar-refractivity contribution is 0.102. The van der Waals surface area contributed by atoms with E-state index in [2.05, 4.69) is 20.4 Å². The summed E-state index contributed by atoms with van der Waals surface area (Å²) in [6.45, 7) is 3.91. The monoisotopic (exact) mass is 495 g/mol. The van der Waals surface area contributed by atoms with Crippen molar-refractivity contribution in [2.24, 2.45) is 0 Å². The lowest BCUT2D eigenvalue weighted by Crippen LogP contribution is -2.25. The number of nitrogens with one attached hydrogen (secondary N) is 2. The first kappa shape index (κ1) is 23.0. The maximum absolute atomic E-state index is 13.1. The van der Waals surface area contributed by atoms with Crippen LogP contribution in [-0.2, 0) is 0 Å². The molecule has 9 nitrogen and oxygen atoms in total. The van der Waals surface area contributed by atoms with Crippen LogP contribution in [0.4, 0.5) is 5.82 Å². The number of fused-ring (bicyclic) bond motifs is 1. The molecule has 0 aliphatic carbocycles. The highest BCUT2D eigenvalue weighted by Crippen LogP contribution is 2.25. The van der Waals surface area contributed by atoms with Gasteiger partial charge < -0.3 is 10.3 Å². The van der Waals surface area contributed by atoms with Crippen LogP contribution in [0.3, 0.4) is 0 Å². The fraction of sp³-hybridized carbons (Fsp3) is 0.0769. The highest BCUT2D eigenvalue weighted by molar-refractivity contribution is 6.30. The summed E-state index contributed by atoms with van der Waals surface area (Å²) < 4.78 is 1.37. The minimum Gasteiger partial charge on any atom is -0.306 e. The molecule has 0 aliphatic rings. The molecule has 0 spiro atoms. The van der Waals surface area contributed by atoms with Gasteiger partial charge in [0.1, 0.15) is 23.0 Å². The number of anilines is 1. The number of rotatable bonds is 4. The average Bonchev–Trinajstić information content (AvgIpc) is 3.27. The molecule has 0 saturated carbocycles. The Hall–Kier alpha value is -4.81. The number of amides is 1. The number of pyridine rings is 1. The van der Waals surface area contributed by atoms with Gasteiger partial charge in [-0.1, -0.05) is 29.8 Å². The second-order valence-electron chi connectivity index (χ2n) is 8.13. The SMILES string of the molecule is Cc1cc(-n2ncc(C#N)c2NC(=O)c2cnc(-c3ccc(Cl)cc3)[nH]c2=O)nc2c(C)cccc12. The zero-order valence-corrected chi connectivity index (χ0v) is 20.0. The zero-order chi connectivity index (χ0) is 25.4. The number of aromatic nitrogens is 5. The van der Waals surface area contributed by atoms with Crippen LogP contribution < -0.4 is 10.9 Å². The second-order valence-corrected chi connectivity index (χ2v) is 8.57. The molecule has 176 valence electrons. The van der Waals surface area contributed by atoms with Crippen molar-refractivity contribution in [2.45, 2.75) is 13.8 Å². The first-order valence-corrected chi connectivity index (χ1v) is 11.3. The number of carbonyl (C=O) groups excluding carboxylic acids is 1. The summed E-state index contributed by atoms with van der Waals surface area (Å²) >= 11 is 5.91. The van der Waals surface area contributed by atoms with Gasteiger partial charge in [0.15, 0.2) is 11.6 Å². The van der Waals surface area contributed by atoms with E-state index < -0.39 is 11.5 Å². The molecule has 10 heteroatoms. The van der Waals surface area contributed by atoms with Gasteiger partial charge in [0.2, 0.25) is 0 Å². The molecule has 2 aromatic carbocycles. The number of H-pyrrole nitrogens is 1. The van der Waals surface area contributed by atoms with Crippen molar-refractivity contribution >= 4 is 34.2 Å². The van der Waals surface area contributed by atoms with E-state index in [4.69, 9.17) is 16.6 Å². The number of hydrogen-bond acceptors (Lipinski definition) is 6. The molecule has 3 heterocycles. The largest absolute Gasteiger partial charge is 0.306 e. The van der Waals surface area contributed by atoms with Crippen LogP contribution in [0, 0.1) is 25.2 Å². The summed E-state index contributed by atoms with van der Waals surface area (Å²) in [6, 6.07) is 16.5. The summed E-state index contributed by atoms with van der Waals surface area (Å²) in [5.41, 5.74) is 2.64. The van der Waals surface area contributed by atoms with Gasteiger partial charge in [-0.3, -0.25) is 9.59 Å². The average molecular weight is 496 g/mol. The van der Waals surface area contributed by atoms with Crippen LogP contribution in [0.1, 0.15) is 27.0 Å². The van der Waals surface area contributed by atoms with Gasteiger partial charge in [-0.15, -0.1) is 0 Å². The van der Waals surface area contributed by atoms with Gasteiger partial charge in [0.05, 0.1) is 11.7 Å². The lowest BCUT2D eigenvalue weighted by Gasteiger charge is -2.12. The van der Waals surface area contributed by atoms with Crippen LogP contribution >= 0.6 is 11.6 Å². The Balaban J connectivity index is 1.51. The molecular formula is C26H18ClN7O2. The molecule has 0 bridgehead atoms. The van der Waals surface area contributed by atoms with Crippen molar-refractivity contribution in [2.75, 3.05) is 5.32 Å². The summed E-state index contributed by atoms with van der Waals surface area (Å²) in [4.78, 5) is 37.3. The van der Waals surface area contributed by atoms with Crippen molar-refractivity contribution in [3.8, 4) is 23.3 Å². The molecule has 0 unspecified atom stereocenters. The lowest BCUT2D eigenvalue weighted by atomic mass is 10.1. The molecule has 5 rings (SSSR count). The predicted octanol–water partition coefficient (Wildman–Crippen LogP) is 4.57. The Labute approximate surface area is 210 Å². The Morgan fingerprint density at radius 2 is 1.89 bits per heavy atom. The zero-order valence-electron chi connectivity index (χ0n) is 19.2. The van der Waals surface area contributed by atoms with Gasteiger partial charge in [-0.05, 0) is 55.3 Å². The molecule has 0 saturated heterocycles. The number of halogens is 1. The van der Waals surface area contributed by atoms with Crippen molar-refractivity contribution in [3.05, 3.63) is 98.6 Å². The molecule has 0 fully saturated rings. The fourth-order valence-corrected chi connectivity index (χ4v) is 3.99. The Morgan fingerprint density at radius 1 is 1.11 bits per heavy atom. The van der Waals surface area contributed by atoms with E-state index in [-0.39, 0.29) is 16.9 Å². The van der Waals surface area contributed by atoms with E-state index in [1.165, 1.54) is 17.1 Å². The topological polar surface area (TPSA) is 129 Å². The minimum atomic E-state index is -0.738. The number of hydrogen-bond donors (Lipinski definition) is 2. The minimum absolute atomic E-state index is 0.100. The van der Waals surface area contributed by atoms with Crippen molar-refractivity contribution in [1.29, 1.82) is 5.26 Å². The molecule has 1 amide bonds. The first-order chi connectivity index (χ1) is 17.4. The van der Waals surface area contributed by atoms with E-state index in [0.29, 0.717) is 22.2 Å². The molecule has 0 atom stereocenters. The highest BCUT2D eigenvalue weighted by atomic mass is 35.5. The number of nitrogens with zero attached hydrogens (tertiary/aromatic N) is 5. The Bertz CT molecular complexity index is 1750. The molecule has 2 N–H and O–H groups in total. The van der Waals surface area contributed by atoms with E-state index in [0.717, 1.165) is 22.0 Å². The fourth-order valence-electron chi connectivity index (χ4n) is 3.86. The summed E-state index contributed by atoms with van der Waals surface area (Å²) in [5.74, 6) is 0.0836. The van der Waals surface area contributed by atoms with Gasteiger partial charge in [-0.25, -0.2) is 9.97 Å². The van der Waals surface area contributed by atoms with Crippen LogP contribution in [0.2, 0.25) is 5.02 Å². The third-order valence-corrected chi connectivity index (χ3v) is 5.99. The molecular weight excluding hydrogens is 478 g/mol. The van der Waals surface area contributed by atoms with E-state index >= 15 is 0 Å². The van der Waals surface area contributed by atoms with Crippen LogP contribution in [-0.4, -0.2) is 30.6 Å². The highest BCUT2D eigenvalue weighted by Gasteiger charge is 2.20. The van der Waals surface area contributed by atoms with Crippen LogP contribution in [0.5, 0.6) is 0 Å². The molecule has 0 radical (unpaired) electrons. The number of benzene rings is 2. The number of carbonyl (C=O) groups is 1. The summed E-state index contributed by atoms with van der Waals surface area (Å²) in [7, 11) is 0. The van der Waals surface area contributed by atoms with E-state index in [1.807, 2.05) is 44.2 Å². The maximum atomic E-state index is 13.1. The molecule has 36 heavy (non-hydrogen) atoms. The number of aromatic amines is 1. The van der Waals surface area contributed by atoms with Crippen molar-refractivity contribution < 1.29 is 4.79 Å². The molecule has 0 aliphatic heterocycles. The third kappa shape index (κ3) is 4.10. The summed E-state index contributed by atoms with van der Waals surface area (Å²) in [5, 5.41) is 18.1. The van der Waals surface area contributed by atoms with E-state index in [9.17, 15) is 14.9 Å². The van der Waals surface area contributed by atoms with Crippen LogP contribution in [0.15, 0.2) is 65.7 Å². The smallest absolute Gasteiger partial charge is 0.264 e. The van der Waals surface area contributed by atoms with Gasteiger partial charge in [0, 0.05) is 22.2 Å². The maximum Gasteiger partial charge on any atom is 0.264 e. The number of aryl methyl sites for hydroxylation is 2. The Kier molecular flexibility index (Phi) is 5.80. The predicted molar refractivity (Wildman–Crippen MR) is 136 cm³/mol. The standard InChI is InChI=1S/C26H18ClN7O2/c1-14-4-3-5-19-15(2)10-21(31-22(14)19)34-24(17(11-28)12-30-34)33-26(36)20-13-29-23(32-25(20)35)16-6-8-18(27)9-7-16/h3-10,12-13H,1-2H3,(H,33,36)(H,29,32,35). The third-order valence-electron chi connectivity index (χ3n) is 5.73. The quantitative estimate of drug-likeness (QED) is 0.376. The second kappa shape index (κ2) is 9.09. The van der Waals surface area contributed by atoms with Gasteiger partial charge in [0.25, 0.3) is 11.5 Å². The summed E-state index contributed by atoms with van der Waals surface area (Å²) in [6.07, 6.45) is 2.52. The van der Waals surface area contributed by atoms with Crippen molar-refractivity contribution in [1.82, 2.24) is 24.7 Å². The van der Waals surface area contributed by atoms with Gasteiger partial charge >= 0.3 is 0 Å². The van der Waals surface area contributed by atoms with Gasteiger partial charge in [-0.2, -0.15) is 15.0 Å². The van der Waals surface area contributed by atoms with Crippen LogP contribution in [0.25, 0.3) is 28.1 Å². The van der Waals surface area contributed by atoms with E-state index in [1.54, 1.807) is 24.3 Å². The number of nitriles is 1. The van der Waals surface area contributed by atoms with Crippen molar-refractivity contribution in [3.63, 3.8) is 0 Å². The number of para-hydroxylation sites is 1. The Morgan fingerprint density at radius 3 is 2.61 bits per heavy atom.